The summed E-state index contributed by atoms with van der Waals surface area (Å²) in [6.07, 6.45) is 0.440. The molecule has 1 atom stereocenters. The van der Waals surface area contributed by atoms with Crippen molar-refractivity contribution in [1.29, 1.82) is 0 Å². The monoisotopic (exact) mass is 146 g/mol. The molecule has 0 bridgehead atoms. The summed E-state index contributed by atoms with van der Waals surface area (Å²) in [6, 6.07) is -0.0454. The fraction of sp³-hybridized carbons (Fsp3) is 0.833. The Morgan fingerprint density at radius 2 is 2.60 bits per heavy atom. The molecule has 0 aromatic rings. The Hall–Kier alpha value is -0.800. The molecule has 4 heteroatoms. The molecule has 1 aliphatic heterocycles. The van der Waals surface area contributed by atoms with Gasteiger partial charge in [0, 0.05) is 13.6 Å². The van der Waals surface area contributed by atoms with E-state index >= 15 is 0 Å². The van der Waals surface area contributed by atoms with E-state index in [-0.39, 0.29) is 18.7 Å². The summed E-state index contributed by atoms with van der Waals surface area (Å²) in [7, 11) is 1.68. The van der Waals surface area contributed by atoms with Crippen LogP contribution in [0.5, 0.6) is 0 Å². The van der Waals surface area contributed by atoms with E-state index < -0.39 is 0 Å². The van der Waals surface area contributed by atoms with Crippen molar-refractivity contribution in [2.45, 2.75) is 12.5 Å². The number of carbonyl (C=O) groups excluding carboxylic acids is 1. The summed E-state index contributed by atoms with van der Waals surface area (Å²) < 4.78 is 11.8. The fourth-order valence-electron chi connectivity index (χ4n) is 1.05. The first-order valence-corrected chi connectivity index (χ1v) is 3.32. The smallest absolute Gasteiger partial charge is 0.317 e. The van der Waals surface area contributed by atoms with E-state index in [4.69, 9.17) is 0 Å². The Balaban J connectivity index is 2.41. The summed E-state index contributed by atoms with van der Waals surface area (Å²) in [6.45, 7) is 0.225. The second-order valence-electron chi connectivity index (χ2n) is 2.43. The van der Waals surface area contributed by atoms with E-state index in [0.29, 0.717) is 13.0 Å². The molecule has 10 heavy (non-hydrogen) atoms. The number of carbonyl (C=O) groups is 1. The Kier molecular flexibility index (Phi) is 2.09. The summed E-state index contributed by atoms with van der Waals surface area (Å²) in [5, 5.41) is 2.62. The van der Waals surface area contributed by atoms with Gasteiger partial charge in [0.05, 0.1) is 12.7 Å². The van der Waals surface area contributed by atoms with Crippen molar-refractivity contribution in [2.75, 3.05) is 20.3 Å². The fourth-order valence-corrected chi connectivity index (χ4v) is 1.05. The highest BCUT2D eigenvalue weighted by atomic mass is 19.1. The van der Waals surface area contributed by atoms with Crippen LogP contribution in [-0.4, -0.2) is 37.2 Å². The number of hydrogen-bond donors (Lipinski definition) is 1. The zero-order valence-electron chi connectivity index (χ0n) is 5.93. The molecule has 1 saturated heterocycles. The molecule has 0 radical (unpaired) electrons. The first-order valence-electron chi connectivity index (χ1n) is 3.32. The molecule has 0 aromatic heterocycles. The van der Waals surface area contributed by atoms with E-state index in [1.807, 2.05) is 0 Å². The Morgan fingerprint density at radius 3 is 3.00 bits per heavy atom. The molecule has 0 spiro atoms. The van der Waals surface area contributed by atoms with Crippen LogP contribution in [0.3, 0.4) is 0 Å². The van der Waals surface area contributed by atoms with Crippen molar-refractivity contribution in [3.8, 4) is 0 Å². The zero-order valence-corrected chi connectivity index (χ0v) is 5.93. The summed E-state index contributed by atoms with van der Waals surface area (Å²) in [5.74, 6) is 0. The third-order valence-electron chi connectivity index (χ3n) is 1.80. The lowest BCUT2D eigenvalue weighted by atomic mass is 10.2. The van der Waals surface area contributed by atoms with Crippen LogP contribution in [-0.2, 0) is 0 Å². The zero-order chi connectivity index (χ0) is 7.56. The van der Waals surface area contributed by atoms with Gasteiger partial charge in [-0.15, -0.1) is 0 Å². The van der Waals surface area contributed by atoms with E-state index in [1.165, 1.54) is 0 Å². The number of nitrogens with one attached hydrogen (secondary N) is 1. The standard InChI is InChI=1S/C6H11FN2O/c1-9-5(2-3-7)4-8-6(9)10/h5H,2-4H2,1H3,(H,8,10). The first-order chi connectivity index (χ1) is 4.75. The van der Waals surface area contributed by atoms with Crippen LogP contribution < -0.4 is 5.32 Å². The Morgan fingerprint density at radius 1 is 1.90 bits per heavy atom. The number of rotatable bonds is 2. The molecule has 1 aliphatic rings. The minimum atomic E-state index is -0.357. The normalized spacial score (nSPS) is 25.2. The third kappa shape index (κ3) is 1.20. The van der Waals surface area contributed by atoms with E-state index in [1.54, 1.807) is 11.9 Å². The van der Waals surface area contributed by atoms with Crippen LogP contribution >= 0.6 is 0 Å². The minimum absolute atomic E-state index is 0.0532. The second-order valence-corrected chi connectivity index (χ2v) is 2.43. The van der Waals surface area contributed by atoms with Crippen LogP contribution in [0.1, 0.15) is 6.42 Å². The quantitative estimate of drug-likeness (QED) is 0.599. The van der Waals surface area contributed by atoms with Gasteiger partial charge in [0.1, 0.15) is 0 Å². The van der Waals surface area contributed by atoms with Gasteiger partial charge in [-0.3, -0.25) is 4.39 Å². The highest BCUT2D eigenvalue weighted by molar-refractivity contribution is 5.76. The van der Waals surface area contributed by atoms with Crippen LogP contribution in [0.25, 0.3) is 0 Å². The second kappa shape index (κ2) is 2.86. The maximum absolute atomic E-state index is 11.8. The molecule has 0 aliphatic carbocycles. The van der Waals surface area contributed by atoms with E-state index in [0.717, 1.165) is 0 Å². The van der Waals surface area contributed by atoms with Crippen molar-refractivity contribution in [1.82, 2.24) is 10.2 Å². The lowest BCUT2D eigenvalue weighted by Crippen LogP contribution is -2.30. The highest BCUT2D eigenvalue weighted by Gasteiger charge is 2.26. The third-order valence-corrected chi connectivity index (χ3v) is 1.80. The van der Waals surface area contributed by atoms with E-state index in [9.17, 15) is 9.18 Å². The van der Waals surface area contributed by atoms with Crippen LogP contribution in [0.4, 0.5) is 9.18 Å². The number of amides is 2. The number of likely N-dealkylation sites (N-methyl/N-ethyl adjacent to an activating group) is 1. The first kappa shape index (κ1) is 7.31. The largest absolute Gasteiger partial charge is 0.336 e. The van der Waals surface area contributed by atoms with Gasteiger partial charge in [0.25, 0.3) is 0 Å². The number of urea groups is 1. The average Bonchev–Trinajstić information content (AvgIpc) is 2.20. The number of alkyl halides is 1. The number of nitrogens with zero attached hydrogens (tertiary/aromatic N) is 1. The summed E-state index contributed by atoms with van der Waals surface area (Å²) >= 11 is 0. The van der Waals surface area contributed by atoms with Crippen molar-refractivity contribution in [3.05, 3.63) is 0 Å². The van der Waals surface area contributed by atoms with Crippen LogP contribution in [0.2, 0.25) is 0 Å². The SMILES string of the molecule is CN1C(=O)NCC1CCF. The molecule has 2 amide bonds. The van der Waals surface area contributed by atoms with Crippen molar-refractivity contribution >= 4 is 6.03 Å². The maximum atomic E-state index is 11.8. The molecular formula is C6H11FN2O. The van der Waals surface area contributed by atoms with Gasteiger partial charge in [0.15, 0.2) is 0 Å². The molecule has 3 nitrogen and oxygen atoms in total. The van der Waals surface area contributed by atoms with Gasteiger partial charge in [0.2, 0.25) is 0 Å². The Labute approximate surface area is 59.2 Å². The molecule has 1 N–H and O–H groups in total. The lowest BCUT2D eigenvalue weighted by Gasteiger charge is -2.15. The van der Waals surface area contributed by atoms with E-state index in [2.05, 4.69) is 5.32 Å². The predicted molar refractivity (Wildman–Crippen MR) is 35.5 cm³/mol. The lowest BCUT2D eigenvalue weighted by molar-refractivity contribution is 0.212. The molecule has 1 unspecified atom stereocenters. The summed E-state index contributed by atoms with van der Waals surface area (Å²) in [5.41, 5.74) is 0. The van der Waals surface area contributed by atoms with Gasteiger partial charge in [-0.05, 0) is 6.42 Å². The van der Waals surface area contributed by atoms with Crippen molar-refractivity contribution in [2.24, 2.45) is 0 Å². The topological polar surface area (TPSA) is 32.3 Å². The highest BCUT2D eigenvalue weighted by Crippen LogP contribution is 2.07. The minimum Gasteiger partial charge on any atom is -0.336 e. The van der Waals surface area contributed by atoms with Gasteiger partial charge >= 0.3 is 6.03 Å². The maximum Gasteiger partial charge on any atom is 0.317 e. The van der Waals surface area contributed by atoms with Crippen LogP contribution in [0, 0.1) is 0 Å². The van der Waals surface area contributed by atoms with Gasteiger partial charge in [-0.2, -0.15) is 0 Å². The average molecular weight is 146 g/mol. The molecule has 0 aromatic carbocycles. The molecule has 58 valence electrons. The van der Waals surface area contributed by atoms with Crippen LogP contribution in [0.15, 0.2) is 0 Å². The van der Waals surface area contributed by atoms with Crippen molar-refractivity contribution < 1.29 is 9.18 Å². The Bertz CT molecular complexity index is 140. The molecular weight excluding hydrogens is 135 g/mol. The number of hydrogen-bond acceptors (Lipinski definition) is 1. The number of halogens is 1. The molecule has 1 heterocycles. The predicted octanol–water partition coefficient (Wildman–Crippen LogP) is 0.370. The van der Waals surface area contributed by atoms with Crippen molar-refractivity contribution in [3.63, 3.8) is 0 Å². The molecule has 1 fully saturated rings. The van der Waals surface area contributed by atoms with Gasteiger partial charge < -0.3 is 10.2 Å². The molecule has 1 rings (SSSR count). The van der Waals surface area contributed by atoms with Gasteiger partial charge in [-0.25, -0.2) is 4.79 Å². The summed E-state index contributed by atoms with van der Waals surface area (Å²) in [4.78, 5) is 12.3. The van der Waals surface area contributed by atoms with Gasteiger partial charge in [-0.1, -0.05) is 0 Å². The molecule has 0 saturated carbocycles.